The molecule has 60 heavy (non-hydrogen) atoms. The van der Waals surface area contributed by atoms with Crippen molar-refractivity contribution < 1.29 is 53.7 Å². The number of aliphatic carboxylic acids is 2. The standard InChI is InChI=1S/C37H48N12O11/c1-18(32(54)47-28(11-22-14-40-17-44-22)36(58)49-31(19(2)50)37(59)60)45-34(56)27(10-21-13-39-16-43-21)48-35(57)26(9-20-12-41-25-6-4-3-5-23(20)25)46-29(51)15-42-33(55)24(38)7-8-30(52)53/h3-6,12-14,16-19,24,26-28,31,41,50H,7-11,15,38H2,1-2H3,(H,39,43)(H,40,44)(H,42,55)(H,45,56)(H,46,51)(H,47,54)(H,48,57)(H,49,58)(H,52,53)(H,59,60)/t18-,19+,24-,26-,27-,28-,31-/m0/s1. The molecule has 0 radical (unpaired) electrons. The molecule has 3 heterocycles. The Morgan fingerprint density at radius 2 is 1.28 bits per heavy atom. The van der Waals surface area contributed by atoms with Crippen LogP contribution in [0.5, 0.6) is 0 Å². The summed E-state index contributed by atoms with van der Waals surface area (Å²) in [5.74, 6) is -7.74. The Hall–Kier alpha value is -7.14. The molecule has 322 valence electrons. The highest BCUT2D eigenvalue weighted by Crippen LogP contribution is 2.19. The Balaban J connectivity index is 1.51. The maximum Gasteiger partial charge on any atom is 0.328 e. The van der Waals surface area contributed by atoms with Gasteiger partial charge in [0, 0.05) is 66.6 Å². The van der Waals surface area contributed by atoms with Crippen molar-refractivity contribution in [1.29, 1.82) is 0 Å². The van der Waals surface area contributed by atoms with Gasteiger partial charge in [0.25, 0.3) is 0 Å². The van der Waals surface area contributed by atoms with Gasteiger partial charge in [0.1, 0.15) is 24.2 Å². The number of aliphatic hydroxyl groups excluding tert-OH is 1. The Bertz CT molecular complexity index is 2120. The van der Waals surface area contributed by atoms with Gasteiger partial charge < -0.3 is 67.9 Å². The summed E-state index contributed by atoms with van der Waals surface area (Å²) in [4.78, 5) is 119. The Kier molecular flexibility index (Phi) is 16.4. The number of nitrogens with one attached hydrogen (secondary N) is 9. The lowest BCUT2D eigenvalue weighted by molar-refractivity contribution is -0.145. The number of aromatic amines is 3. The van der Waals surface area contributed by atoms with E-state index in [1.807, 2.05) is 6.07 Å². The third kappa shape index (κ3) is 13.5. The highest BCUT2D eigenvalue weighted by molar-refractivity contribution is 5.97. The lowest BCUT2D eigenvalue weighted by Crippen LogP contribution is -2.60. The van der Waals surface area contributed by atoms with Crippen LogP contribution in [0.3, 0.4) is 0 Å². The van der Waals surface area contributed by atoms with E-state index >= 15 is 0 Å². The molecule has 7 atom stereocenters. The third-order valence-electron chi connectivity index (χ3n) is 9.20. The molecule has 23 heteroatoms. The van der Waals surface area contributed by atoms with Crippen molar-refractivity contribution in [2.45, 2.75) is 88.3 Å². The molecule has 0 unspecified atom stereocenters. The highest BCUT2D eigenvalue weighted by atomic mass is 16.4. The van der Waals surface area contributed by atoms with Gasteiger partial charge in [-0.2, -0.15) is 0 Å². The number of nitrogens with two attached hydrogens (primary N) is 1. The van der Waals surface area contributed by atoms with Crippen LogP contribution in [0.15, 0.2) is 55.5 Å². The number of carbonyl (C=O) groups excluding carboxylic acids is 6. The summed E-state index contributed by atoms with van der Waals surface area (Å²) in [5, 5.41) is 43.7. The number of nitrogens with zero attached hydrogens (tertiary/aromatic N) is 2. The van der Waals surface area contributed by atoms with Crippen LogP contribution in [-0.2, 0) is 57.6 Å². The first-order valence-corrected chi connectivity index (χ1v) is 18.7. The van der Waals surface area contributed by atoms with E-state index in [0.717, 1.165) is 10.9 Å². The van der Waals surface area contributed by atoms with Gasteiger partial charge >= 0.3 is 11.9 Å². The summed E-state index contributed by atoms with van der Waals surface area (Å²) in [6, 6.07) is -1.13. The molecule has 0 saturated heterocycles. The molecule has 0 fully saturated rings. The van der Waals surface area contributed by atoms with E-state index in [2.05, 4.69) is 56.8 Å². The monoisotopic (exact) mass is 836 g/mol. The van der Waals surface area contributed by atoms with Crippen molar-refractivity contribution in [3.63, 3.8) is 0 Å². The Morgan fingerprint density at radius 3 is 1.85 bits per heavy atom. The number of imidazole rings is 2. The zero-order valence-electron chi connectivity index (χ0n) is 32.6. The molecule has 23 nitrogen and oxygen atoms in total. The largest absolute Gasteiger partial charge is 0.481 e. The molecule has 0 saturated carbocycles. The molecule has 3 aromatic heterocycles. The number of carboxylic acids is 2. The number of para-hydroxylation sites is 1. The van der Waals surface area contributed by atoms with Crippen LogP contribution in [-0.4, -0.2) is 137 Å². The number of aliphatic hydroxyl groups is 1. The fourth-order valence-electron chi connectivity index (χ4n) is 5.93. The summed E-state index contributed by atoms with van der Waals surface area (Å²) in [6.45, 7) is 1.86. The normalized spacial score (nSPS) is 14.6. The minimum absolute atomic E-state index is 0.0809. The third-order valence-corrected chi connectivity index (χ3v) is 9.20. The van der Waals surface area contributed by atoms with Gasteiger partial charge in [-0.25, -0.2) is 14.8 Å². The number of fused-ring (bicyclic) bond motifs is 1. The van der Waals surface area contributed by atoms with Crippen LogP contribution >= 0.6 is 0 Å². The second kappa shape index (κ2) is 21.6. The number of amides is 6. The van der Waals surface area contributed by atoms with E-state index in [0.29, 0.717) is 17.0 Å². The van der Waals surface area contributed by atoms with Crippen molar-refractivity contribution in [3.05, 3.63) is 72.5 Å². The average molecular weight is 837 g/mol. The first-order chi connectivity index (χ1) is 28.5. The molecule has 0 aliphatic heterocycles. The lowest BCUT2D eigenvalue weighted by atomic mass is 10.0. The first kappa shape index (κ1) is 45.6. The second-order valence-electron chi connectivity index (χ2n) is 13.9. The van der Waals surface area contributed by atoms with Gasteiger partial charge in [-0.15, -0.1) is 0 Å². The van der Waals surface area contributed by atoms with Crippen molar-refractivity contribution in [1.82, 2.24) is 56.8 Å². The summed E-state index contributed by atoms with van der Waals surface area (Å²) >= 11 is 0. The van der Waals surface area contributed by atoms with Gasteiger partial charge in [-0.3, -0.25) is 33.6 Å². The second-order valence-corrected chi connectivity index (χ2v) is 13.9. The Labute approximate surface area is 341 Å². The topological polar surface area (TPSA) is 369 Å². The van der Waals surface area contributed by atoms with Crippen LogP contribution in [0.2, 0.25) is 0 Å². The van der Waals surface area contributed by atoms with Gasteiger partial charge in [0.15, 0.2) is 6.04 Å². The molecule has 0 aliphatic carbocycles. The predicted octanol–water partition coefficient (Wildman–Crippen LogP) is -3.14. The van der Waals surface area contributed by atoms with Crippen LogP contribution in [0.25, 0.3) is 10.9 Å². The minimum Gasteiger partial charge on any atom is -0.481 e. The van der Waals surface area contributed by atoms with Crippen LogP contribution < -0.4 is 37.6 Å². The molecule has 0 bridgehead atoms. The number of H-pyrrole nitrogens is 3. The fourth-order valence-corrected chi connectivity index (χ4v) is 5.93. The van der Waals surface area contributed by atoms with Gasteiger partial charge in [0.05, 0.1) is 31.3 Å². The highest BCUT2D eigenvalue weighted by Gasteiger charge is 2.33. The number of hydrogen-bond donors (Lipinski definition) is 13. The molecule has 0 spiro atoms. The zero-order chi connectivity index (χ0) is 43.9. The van der Waals surface area contributed by atoms with Gasteiger partial charge in [-0.05, 0) is 31.9 Å². The maximum absolute atomic E-state index is 14.1. The lowest BCUT2D eigenvalue weighted by Gasteiger charge is -2.26. The average Bonchev–Trinajstić information content (AvgIpc) is 4.00. The van der Waals surface area contributed by atoms with E-state index in [1.165, 1.54) is 38.9 Å². The van der Waals surface area contributed by atoms with Gasteiger partial charge in [-0.1, -0.05) is 18.2 Å². The molecular formula is C37H48N12O11. The van der Waals surface area contributed by atoms with Crippen molar-refractivity contribution in [2.24, 2.45) is 5.73 Å². The van der Waals surface area contributed by atoms with Crippen molar-refractivity contribution in [3.8, 4) is 0 Å². The van der Waals surface area contributed by atoms with E-state index in [4.69, 9.17) is 10.8 Å². The molecule has 14 N–H and O–H groups in total. The number of benzene rings is 1. The summed E-state index contributed by atoms with van der Waals surface area (Å²) < 4.78 is 0. The molecular weight excluding hydrogens is 788 g/mol. The number of carboxylic acid groups (broad SMARTS) is 2. The van der Waals surface area contributed by atoms with Crippen LogP contribution in [0, 0.1) is 0 Å². The fraction of sp³-hybridized carbons (Fsp3) is 0.405. The minimum atomic E-state index is -1.69. The zero-order valence-corrected chi connectivity index (χ0v) is 32.6. The van der Waals surface area contributed by atoms with E-state index in [9.17, 15) is 48.6 Å². The molecule has 6 amide bonds. The number of carbonyl (C=O) groups is 8. The quantitative estimate of drug-likeness (QED) is 0.0351. The van der Waals surface area contributed by atoms with Crippen LogP contribution in [0.4, 0.5) is 0 Å². The van der Waals surface area contributed by atoms with E-state index in [1.54, 1.807) is 24.4 Å². The SMILES string of the molecule is C[C@H](NC(=O)[C@H](Cc1cnc[nH]1)NC(=O)[C@H](Cc1c[nH]c2ccccc12)NC(=O)CNC(=O)[C@@H](N)CCC(=O)O)C(=O)N[C@@H](Cc1cnc[nH]1)C(=O)N[C@H](C(=O)O)[C@@H](C)O. The molecule has 0 aliphatic rings. The summed E-state index contributed by atoms with van der Waals surface area (Å²) in [7, 11) is 0. The number of hydrogen-bond acceptors (Lipinski definition) is 12. The molecule has 4 rings (SSSR count). The Morgan fingerprint density at radius 1 is 0.717 bits per heavy atom. The van der Waals surface area contributed by atoms with Crippen molar-refractivity contribution in [2.75, 3.05) is 6.54 Å². The number of rotatable bonds is 23. The first-order valence-electron chi connectivity index (χ1n) is 18.7. The summed E-state index contributed by atoms with van der Waals surface area (Å²) in [5.41, 5.74) is 7.93. The number of aromatic nitrogens is 5. The maximum atomic E-state index is 14.1. The van der Waals surface area contributed by atoms with Gasteiger partial charge in [0.2, 0.25) is 35.4 Å². The van der Waals surface area contributed by atoms with E-state index in [-0.39, 0.29) is 32.1 Å². The van der Waals surface area contributed by atoms with Crippen LogP contribution in [0.1, 0.15) is 43.6 Å². The predicted molar refractivity (Wildman–Crippen MR) is 209 cm³/mol. The summed E-state index contributed by atoms with van der Waals surface area (Å²) in [6.07, 6.45) is 4.69. The molecule has 1 aromatic carbocycles. The van der Waals surface area contributed by atoms with E-state index < -0.39 is 96.3 Å². The van der Waals surface area contributed by atoms with Crippen molar-refractivity contribution >= 4 is 58.3 Å². The molecule has 4 aromatic rings. The smallest absolute Gasteiger partial charge is 0.328 e.